The number of carboxylic acids is 1. The number of likely N-dealkylation sites (tertiary alicyclic amines) is 1. The average molecular weight is 1170 g/mol. The Labute approximate surface area is 451 Å². The lowest BCUT2D eigenvalue weighted by Crippen LogP contribution is -2.39. The average Bonchev–Trinajstić information content (AvgIpc) is 3.90. The van der Waals surface area contributed by atoms with Crippen molar-refractivity contribution in [2.24, 2.45) is 11.1 Å². The van der Waals surface area contributed by atoms with Crippen LogP contribution in [0.2, 0.25) is 0 Å². The summed E-state index contributed by atoms with van der Waals surface area (Å²) in [5.74, 6) is -1.97. The Kier molecular flexibility index (Phi) is 69.7. The van der Waals surface area contributed by atoms with Gasteiger partial charge in [-0.1, -0.05) is 137 Å². The van der Waals surface area contributed by atoms with Gasteiger partial charge in [0.25, 0.3) is 0 Å². The van der Waals surface area contributed by atoms with E-state index in [4.69, 9.17) is 35.7 Å². The maximum Gasteiger partial charge on any atom is 0.361 e. The molecule has 1 aliphatic heterocycles. The molecule has 1 fully saturated rings. The maximum atomic E-state index is 11.7. The number of primary amides is 1. The summed E-state index contributed by atoms with van der Waals surface area (Å²) in [6.45, 7) is 8.38. The fraction of sp³-hybridized carbons (Fsp3) is 0.878. The highest BCUT2D eigenvalue weighted by atomic mass is 31.1. The summed E-state index contributed by atoms with van der Waals surface area (Å²) in [5, 5.41) is 88.1. The standard InChI is InChI=1S/C20H38N2O4.C20H37NO4.CH4.HNO12.HO12P/c1-3-4-5-6-7-8-9-10-11-12-15-26-20(25)13-14-22-18(17(2)23)16-19(21)24;1-2-3-4-5-6-7-8-9-10-11-17-25-19(22)14-16-21-15-12-13-18(21)20(23)24;;2-1-4-6-8-10-12-13-11-9-7-5-3;1-3-4-5-6-7-8-9-10-11-12-13-2/h18,22H,3-16H2,1-2H3,(H2,21,24);18H,2-17H2,1H3,(H,23,24);1H4;3H;1H. The minimum absolute atomic E-state index is 0. The summed E-state index contributed by atoms with van der Waals surface area (Å²) in [7, 11) is -0.821. The number of esters is 2. The van der Waals surface area contributed by atoms with Crippen LogP contribution in [0.5, 0.6) is 0 Å². The molecule has 0 aliphatic carbocycles. The molecule has 0 saturated carbocycles. The molecule has 1 saturated heterocycles. The van der Waals surface area contributed by atoms with Gasteiger partial charge in [0.2, 0.25) is 5.91 Å². The normalized spacial score (nSPS) is 13.1. The number of carbonyl (C=O) groups is 5. The first-order valence-electron chi connectivity index (χ1n) is 24.5. The van der Waals surface area contributed by atoms with Crippen molar-refractivity contribution in [2.45, 2.75) is 201 Å². The molecule has 0 aromatic carbocycles. The second kappa shape index (κ2) is 67.4. The van der Waals surface area contributed by atoms with Gasteiger partial charge in [0, 0.05) is 44.7 Å². The van der Waals surface area contributed by atoms with Gasteiger partial charge in [-0.2, -0.15) is 0 Å². The Morgan fingerprint density at radius 1 is 0.615 bits per heavy atom. The van der Waals surface area contributed by atoms with E-state index in [0.717, 1.165) is 38.6 Å². The van der Waals surface area contributed by atoms with Crippen molar-refractivity contribution in [2.75, 3.05) is 32.8 Å². The van der Waals surface area contributed by atoms with Crippen molar-refractivity contribution in [1.29, 1.82) is 0 Å². The number of hydrogen-bond acceptors (Lipinski definition) is 34. The Balaban J connectivity index is -0.000000489. The van der Waals surface area contributed by atoms with Crippen molar-refractivity contribution in [1.82, 2.24) is 10.2 Å². The number of amides is 1. The quantitative estimate of drug-likeness (QED) is 0.00964. The van der Waals surface area contributed by atoms with Crippen molar-refractivity contribution in [3.63, 3.8) is 0 Å². The summed E-state index contributed by atoms with van der Waals surface area (Å²) in [4.78, 5) is 70.9. The van der Waals surface area contributed by atoms with Crippen LogP contribution in [0.25, 0.3) is 0 Å². The highest BCUT2D eigenvalue weighted by Gasteiger charge is 2.30. The number of nitrogens with zero attached hydrogens (tertiary/aromatic N) is 2. The number of hydrogen-bond donors (Lipinski definition) is 5. The van der Waals surface area contributed by atoms with Crippen LogP contribution in [0.3, 0.4) is 0 Å². The molecule has 0 radical (unpaired) electrons. The monoisotopic (exact) mass is 1170 g/mol. The molecule has 36 nitrogen and oxygen atoms in total. The number of nitrogens with two attached hydrogens (primary N) is 1. The minimum Gasteiger partial charge on any atom is -0.480 e. The molecule has 1 heterocycles. The second-order valence-corrected chi connectivity index (χ2v) is 16.0. The first-order valence-corrected chi connectivity index (χ1v) is 25.2. The van der Waals surface area contributed by atoms with Gasteiger partial charge in [-0.25, -0.2) is 15.1 Å². The molecule has 0 bridgehead atoms. The Hall–Kier alpha value is -3.87. The van der Waals surface area contributed by atoms with Crippen molar-refractivity contribution in [3.05, 3.63) is 4.91 Å². The molecule has 0 aromatic heterocycles. The molecule has 37 heteroatoms. The van der Waals surface area contributed by atoms with Crippen LogP contribution in [-0.2, 0) is 138 Å². The number of ketones is 1. The molecule has 0 spiro atoms. The number of ether oxygens (including phenoxy) is 2. The zero-order valence-corrected chi connectivity index (χ0v) is 44.4. The summed E-state index contributed by atoms with van der Waals surface area (Å²) >= 11 is 0. The third kappa shape index (κ3) is 64.7. The molecule has 2 atom stereocenters. The van der Waals surface area contributed by atoms with Gasteiger partial charge >= 0.3 is 26.6 Å². The topological polar surface area (TPSA) is 437 Å². The fourth-order valence-corrected chi connectivity index (χ4v) is 6.47. The van der Waals surface area contributed by atoms with Crippen LogP contribution >= 0.6 is 8.69 Å². The molecular weight excluding hydrogens is 1090 g/mol. The maximum absolute atomic E-state index is 11.7. The van der Waals surface area contributed by atoms with Gasteiger partial charge in [-0.05, 0) is 105 Å². The zero-order valence-electron chi connectivity index (χ0n) is 43.5. The van der Waals surface area contributed by atoms with E-state index in [1.54, 1.807) is 5.34 Å². The molecule has 1 amide bonds. The van der Waals surface area contributed by atoms with Gasteiger partial charge < -0.3 is 25.6 Å². The van der Waals surface area contributed by atoms with E-state index < -0.39 is 32.6 Å². The molecule has 6 N–H and O–H groups in total. The zero-order chi connectivity index (χ0) is 57.5. The summed E-state index contributed by atoms with van der Waals surface area (Å²) < 4.78 is 23.5. The number of nitrogens with one attached hydrogen (secondary N) is 1. The summed E-state index contributed by atoms with van der Waals surface area (Å²) in [6, 6.07) is -1.04. The van der Waals surface area contributed by atoms with Gasteiger partial charge in [-0.15, -0.1) is 14.6 Å². The van der Waals surface area contributed by atoms with E-state index in [2.05, 4.69) is 120 Å². The number of unbranched alkanes of at least 4 members (excludes halogenated alkanes) is 18. The van der Waals surface area contributed by atoms with E-state index in [9.17, 15) is 28.5 Å². The van der Waals surface area contributed by atoms with E-state index in [1.165, 1.54) is 110 Å². The van der Waals surface area contributed by atoms with E-state index >= 15 is 0 Å². The lowest BCUT2D eigenvalue weighted by atomic mass is 10.1. The van der Waals surface area contributed by atoms with Crippen LogP contribution in [-0.4, -0.2) is 95.1 Å². The lowest BCUT2D eigenvalue weighted by Gasteiger charge is -2.20. The molecule has 462 valence electrons. The predicted molar refractivity (Wildman–Crippen MR) is 250 cm³/mol. The molecule has 1 rings (SSSR count). The Morgan fingerprint density at radius 2 is 1.01 bits per heavy atom. The van der Waals surface area contributed by atoms with Crippen LogP contribution in [0.15, 0.2) is 5.34 Å². The molecule has 0 aromatic rings. The van der Waals surface area contributed by atoms with E-state index in [-0.39, 0.29) is 38.0 Å². The largest absolute Gasteiger partial charge is 0.480 e. The highest BCUT2D eigenvalue weighted by molar-refractivity contribution is 7.17. The predicted octanol–water partition coefficient (Wildman–Crippen LogP) is 7.90. The van der Waals surface area contributed by atoms with E-state index in [0.29, 0.717) is 39.1 Å². The van der Waals surface area contributed by atoms with Gasteiger partial charge in [-0.3, -0.25) is 28.9 Å². The van der Waals surface area contributed by atoms with Gasteiger partial charge in [0.05, 0.1) is 32.1 Å². The number of carbonyl (C=O) groups excluding carboxylic acids is 4. The van der Waals surface area contributed by atoms with Gasteiger partial charge in [0.15, 0.2) is 5.34 Å². The smallest absolute Gasteiger partial charge is 0.361 e. The third-order valence-electron chi connectivity index (χ3n) is 9.96. The second-order valence-electron chi connectivity index (χ2n) is 15.7. The van der Waals surface area contributed by atoms with Crippen LogP contribution < -0.4 is 11.1 Å². The summed E-state index contributed by atoms with van der Waals surface area (Å²) in [6.07, 6.45) is 27.1. The minimum atomic E-state index is -0.821. The number of Topliss-reactive ketones (excluding diaryl/α,β-unsaturated/α-hetero) is 1. The highest BCUT2D eigenvalue weighted by Crippen LogP contribution is 2.18. The van der Waals surface area contributed by atoms with Gasteiger partial charge in [0.1, 0.15) is 11.8 Å². The number of carboxylic acid groups (broad SMARTS) is 1. The van der Waals surface area contributed by atoms with Crippen molar-refractivity contribution < 1.29 is 154 Å². The third-order valence-corrected chi connectivity index (χ3v) is 10.1. The van der Waals surface area contributed by atoms with Crippen molar-refractivity contribution in [3.8, 4) is 0 Å². The molecule has 78 heavy (non-hydrogen) atoms. The van der Waals surface area contributed by atoms with Crippen LogP contribution in [0.4, 0.5) is 0 Å². The SMILES string of the molecule is C.CCCCCCCCCCCCOC(=O)CCN1CCCC1C(=O)O.CCCCCCCCCCCCOC(=O)CCNC(CC(N)=O)C(C)=O.O=NOOOOOOOOOOO.O=POOOOOOOOOOO. The summed E-state index contributed by atoms with van der Waals surface area (Å²) in [5.41, 5.74) is 5.09. The fourth-order valence-electron chi connectivity index (χ4n) is 6.42. The van der Waals surface area contributed by atoms with E-state index in [1.807, 2.05) is 4.90 Å². The number of rotatable bonds is 53. The first-order chi connectivity index (χ1) is 37.4. The molecule has 1 aliphatic rings. The van der Waals surface area contributed by atoms with Crippen LogP contribution in [0, 0.1) is 4.91 Å². The number of aliphatic carboxylic acids is 1. The Bertz CT molecular complexity index is 1350. The molecular formula is C41H81N4O32P. The first kappa shape index (κ1) is 80.6. The van der Waals surface area contributed by atoms with Crippen molar-refractivity contribution >= 4 is 38.3 Å². The Morgan fingerprint density at radius 3 is 1.40 bits per heavy atom. The lowest BCUT2D eigenvalue weighted by molar-refractivity contribution is -0.854. The molecule has 2 unspecified atom stereocenters. The van der Waals surface area contributed by atoms with Crippen LogP contribution in [0.1, 0.15) is 189 Å².